The number of carbonyl (C=O) groups excluding carboxylic acids is 3. The van der Waals surface area contributed by atoms with Crippen molar-refractivity contribution in [2.75, 3.05) is 17.8 Å². The second-order valence-electron chi connectivity index (χ2n) is 7.68. The Morgan fingerprint density at radius 2 is 1.85 bits per heavy atom. The van der Waals surface area contributed by atoms with Crippen molar-refractivity contribution in [3.63, 3.8) is 0 Å². The number of H-pyrrole nitrogens is 1. The smallest absolute Gasteiger partial charge is 0.327 e. The number of carboxylic acids is 1. The van der Waals surface area contributed by atoms with Gasteiger partial charge in [-0.25, -0.2) is 9.78 Å². The lowest BCUT2D eigenvalue weighted by atomic mass is 9.97. The summed E-state index contributed by atoms with van der Waals surface area (Å²) >= 11 is 5.51. The summed E-state index contributed by atoms with van der Waals surface area (Å²) in [6.45, 7) is 3.61. The van der Waals surface area contributed by atoms with Gasteiger partial charge < -0.3 is 31.8 Å². The van der Waals surface area contributed by atoms with Crippen LogP contribution in [-0.4, -0.2) is 80.7 Å². The summed E-state index contributed by atoms with van der Waals surface area (Å²) in [4.78, 5) is 56.6. The third-order valence-corrected chi connectivity index (χ3v) is 6.18. The number of nitrogens with two attached hydrogens (primary N) is 1. The van der Waals surface area contributed by atoms with Crippen molar-refractivity contribution in [3.8, 4) is 0 Å². The number of aromatic nitrogens is 2. The maximum atomic E-state index is 13.1. The van der Waals surface area contributed by atoms with Crippen LogP contribution in [0.4, 0.5) is 0 Å². The van der Waals surface area contributed by atoms with Gasteiger partial charge in [0.1, 0.15) is 18.1 Å². The molecule has 33 heavy (non-hydrogen) atoms. The fourth-order valence-electron chi connectivity index (χ4n) is 2.88. The highest BCUT2D eigenvalue weighted by Gasteiger charge is 2.32. The third-order valence-electron chi connectivity index (χ3n) is 5.17. The van der Waals surface area contributed by atoms with Gasteiger partial charge in [-0.05, 0) is 24.3 Å². The first-order chi connectivity index (χ1) is 15.6. The first kappa shape index (κ1) is 28.8. The molecule has 0 saturated carbocycles. The number of nitrogens with one attached hydrogen (secondary N) is 4. The molecule has 11 nitrogen and oxygen atoms in total. The van der Waals surface area contributed by atoms with E-state index >= 15 is 0 Å². The van der Waals surface area contributed by atoms with E-state index in [-0.39, 0.29) is 18.1 Å². The number of thioether (sulfide) groups is 1. The molecule has 0 aliphatic heterocycles. The molecule has 0 bridgehead atoms. The van der Waals surface area contributed by atoms with Crippen molar-refractivity contribution in [2.45, 2.75) is 57.3 Å². The number of carboxylic acid groups (broad SMARTS) is 1. The van der Waals surface area contributed by atoms with E-state index in [2.05, 4.69) is 38.5 Å². The zero-order valence-corrected chi connectivity index (χ0v) is 20.7. The number of aliphatic carboxylic acids is 1. The first-order valence-electron chi connectivity index (χ1n) is 10.6. The second-order valence-corrected chi connectivity index (χ2v) is 9.03. The molecule has 1 aromatic heterocycles. The van der Waals surface area contributed by atoms with Crippen LogP contribution < -0.4 is 21.7 Å². The number of amides is 3. The van der Waals surface area contributed by atoms with Crippen molar-refractivity contribution in [1.82, 2.24) is 25.9 Å². The average Bonchev–Trinajstić information content (AvgIpc) is 3.30. The van der Waals surface area contributed by atoms with E-state index in [9.17, 15) is 24.3 Å². The lowest BCUT2D eigenvalue weighted by Gasteiger charge is -2.27. The normalized spacial score (nSPS) is 15.5. The Bertz CT molecular complexity index is 779. The molecule has 186 valence electrons. The Kier molecular flexibility index (Phi) is 12.9. The number of rotatable bonds is 15. The number of thiol groups is 1. The molecule has 13 heteroatoms. The summed E-state index contributed by atoms with van der Waals surface area (Å²) in [5, 5.41) is 16.9. The van der Waals surface area contributed by atoms with Gasteiger partial charge in [-0.3, -0.25) is 14.4 Å². The monoisotopic (exact) mass is 502 g/mol. The fraction of sp³-hybridized carbons (Fsp3) is 0.650. The largest absolute Gasteiger partial charge is 0.480 e. The molecule has 5 unspecified atom stereocenters. The summed E-state index contributed by atoms with van der Waals surface area (Å²) in [7, 11) is 0. The van der Waals surface area contributed by atoms with E-state index in [0.717, 1.165) is 0 Å². The molecule has 3 amide bonds. The summed E-state index contributed by atoms with van der Waals surface area (Å²) < 4.78 is 0. The molecule has 1 rings (SSSR count). The topological polar surface area (TPSA) is 179 Å². The molecule has 1 aromatic rings. The van der Waals surface area contributed by atoms with Crippen LogP contribution >= 0.6 is 24.4 Å². The predicted octanol–water partition coefficient (Wildman–Crippen LogP) is -0.452. The minimum absolute atomic E-state index is 0.102. The van der Waals surface area contributed by atoms with Crippen molar-refractivity contribution >= 4 is 48.1 Å². The van der Waals surface area contributed by atoms with Crippen LogP contribution in [0.2, 0.25) is 0 Å². The SMILES string of the molecule is CCC(C)C(NC(=O)C(Cc1cnc[nH]1)NC(=O)C(N)CCSC)C(=O)NC(CS)C(=O)O. The molecular formula is C20H34N6O5S2. The molecule has 0 saturated heterocycles. The maximum Gasteiger partial charge on any atom is 0.327 e. The van der Waals surface area contributed by atoms with E-state index in [1.807, 2.05) is 13.2 Å². The van der Waals surface area contributed by atoms with Gasteiger partial charge in [0.25, 0.3) is 0 Å². The Balaban J connectivity index is 3.02. The highest BCUT2D eigenvalue weighted by Crippen LogP contribution is 2.10. The number of nitrogens with zero attached hydrogens (tertiary/aromatic N) is 1. The van der Waals surface area contributed by atoms with Gasteiger partial charge in [0.2, 0.25) is 17.7 Å². The van der Waals surface area contributed by atoms with Crippen LogP contribution in [-0.2, 0) is 25.6 Å². The van der Waals surface area contributed by atoms with Crippen LogP contribution in [0.5, 0.6) is 0 Å². The molecule has 1 heterocycles. The maximum absolute atomic E-state index is 13.1. The zero-order valence-electron chi connectivity index (χ0n) is 19.0. The fourth-order valence-corrected chi connectivity index (χ4v) is 3.62. The summed E-state index contributed by atoms with van der Waals surface area (Å²) in [6.07, 6.45) is 5.99. The van der Waals surface area contributed by atoms with Gasteiger partial charge >= 0.3 is 5.97 Å². The van der Waals surface area contributed by atoms with Crippen molar-refractivity contribution in [3.05, 3.63) is 18.2 Å². The molecule has 0 aromatic carbocycles. The quantitative estimate of drug-likeness (QED) is 0.158. The van der Waals surface area contributed by atoms with Crippen molar-refractivity contribution in [1.29, 1.82) is 0 Å². The highest BCUT2D eigenvalue weighted by molar-refractivity contribution is 7.98. The van der Waals surface area contributed by atoms with E-state index in [1.54, 1.807) is 18.7 Å². The zero-order chi connectivity index (χ0) is 25.0. The predicted molar refractivity (Wildman–Crippen MR) is 130 cm³/mol. The molecule has 0 fully saturated rings. The van der Waals surface area contributed by atoms with Crippen LogP contribution in [0.1, 0.15) is 32.4 Å². The summed E-state index contributed by atoms with van der Waals surface area (Å²) in [6, 6.07) is -4.00. The van der Waals surface area contributed by atoms with Crippen molar-refractivity contribution in [2.24, 2.45) is 11.7 Å². The lowest BCUT2D eigenvalue weighted by molar-refractivity contribution is -0.142. The van der Waals surface area contributed by atoms with Gasteiger partial charge in [-0.15, -0.1) is 0 Å². The number of imidazole rings is 1. The van der Waals surface area contributed by atoms with Crippen LogP contribution in [0, 0.1) is 5.92 Å². The van der Waals surface area contributed by atoms with Crippen LogP contribution in [0.15, 0.2) is 12.5 Å². The first-order valence-corrected chi connectivity index (χ1v) is 12.6. The number of aromatic amines is 1. The molecule has 0 aliphatic carbocycles. The van der Waals surface area contributed by atoms with E-state index in [4.69, 9.17) is 5.73 Å². The molecule has 0 aliphatic rings. The minimum Gasteiger partial charge on any atom is -0.480 e. The van der Waals surface area contributed by atoms with E-state index in [0.29, 0.717) is 24.3 Å². The molecule has 0 radical (unpaired) electrons. The molecule has 5 atom stereocenters. The average molecular weight is 503 g/mol. The van der Waals surface area contributed by atoms with Gasteiger partial charge in [0.15, 0.2) is 0 Å². The summed E-state index contributed by atoms with van der Waals surface area (Å²) in [5.74, 6) is -2.64. The van der Waals surface area contributed by atoms with Gasteiger partial charge in [0.05, 0.1) is 12.4 Å². The third kappa shape index (κ3) is 9.64. The Morgan fingerprint density at radius 3 is 2.36 bits per heavy atom. The minimum atomic E-state index is -1.23. The van der Waals surface area contributed by atoms with Crippen LogP contribution in [0.25, 0.3) is 0 Å². The van der Waals surface area contributed by atoms with Crippen LogP contribution in [0.3, 0.4) is 0 Å². The van der Waals surface area contributed by atoms with Gasteiger partial charge in [-0.1, -0.05) is 20.3 Å². The van der Waals surface area contributed by atoms with Gasteiger partial charge in [-0.2, -0.15) is 24.4 Å². The number of hydrogen-bond acceptors (Lipinski definition) is 8. The second kappa shape index (κ2) is 14.8. The van der Waals surface area contributed by atoms with Gasteiger partial charge in [0, 0.05) is 24.1 Å². The summed E-state index contributed by atoms with van der Waals surface area (Å²) in [5.41, 5.74) is 6.55. The molecule has 0 spiro atoms. The Labute approximate surface area is 203 Å². The van der Waals surface area contributed by atoms with E-state index < -0.39 is 47.9 Å². The standard InChI is InChI=1S/C20H34N6O5S2/c1-4-11(2)16(19(29)25-15(9-32)20(30)31)26-18(28)14(7-12-8-22-10-23-12)24-17(27)13(21)5-6-33-3/h8,10-11,13-16,32H,4-7,9,21H2,1-3H3,(H,22,23)(H,24,27)(H,25,29)(H,26,28)(H,30,31). The number of carbonyl (C=O) groups is 4. The Hall–Kier alpha value is -2.25. The molecular weight excluding hydrogens is 468 g/mol. The van der Waals surface area contributed by atoms with Crippen molar-refractivity contribution < 1.29 is 24.3 Å². The number of hydrogen-bond donors (Lipinski definition) is 7. The Morgan fingerprint density at radius 1 is 1.18 bits per heavy atom. The molecule has 7 N–H and O–H groups in total. The lowest BCUT2D eigenvalue weighted by Crippen LogP contribution is -2.59. The highest BCUT2D eigenvalue weighted by atomic mass is 32.2. The van der Waals surface area contributed by atoms with E-state index in [1.165, 1.54) is 12.5 Å².